The molecule has 0 bridgehead atoms. The Morgan fingerprint density at radius 3 is 2.50 bits per heavy atom. The summed E-state index contributed by atoms with van der Waals surface area (Å²) in [5.74, 6) is 0.364. The van der Waals surface area contributed by atoms with Gasteiger partial charge in [-0.2, -0.15) is 0 Å². The summed E-state index contributed by atoms with van der Waals surface area (Å²) in [5.41, 5.74) is 3.41. The lowest BCUT2D eigenvalue weighted by Gasteiger charge is -2.24. The maximum atomic E-state index is 13.7. The molecule has 1 atom stereocenters. The second kappa shape index (κ2) is 11.9. The number of hydrogen-bond acceptors (Lipinski definition) is 8. The Morgan fingerprint density at radius 2 is 1.79 bits per heavy atom. The van der Waals surface area contributed by atoms with Crippen LogP contribution in [0.2, 0.25) is 0 Å². The molecule has 0 saturated carbocycles. The van der Waals surface area contributed by atoms with Crippen molar-refractivity contribution in [1.29, 1.82) is 0 Å². The second-order valence-corrected chi connectivity index (χ2v) is 11.8. The minimum Gasteiger partial charge on any atom is -0.507 e. The summed E-state index contributed by atoms with van der Waals surface area (Å²) >= 11 is 1.27. The molecule has 0 spiro atoms. The number of anilines is 1. The fourth-order valence-electron chi connectivity index (χ4n) is 4.98. The first-order chi connectivity index (χ1) is 20.1. The fraction of sp³-hybridized carbons (Fsp3) is 0.303. The second-order valence-electron chi connectivity index (χ2n) is 10.8. The minimum atomic E-state index is -0.953. The monoisotopic (exact) mass is 586 g/mol. The number of ketones is 1. The maximum absolute atomic E-state index is 13.7. The third kappa shape index (κ3) is 5.44. The molecule has 42 heavy (non-hydrogen) atoms. The van der Waals surface area contributed by atoms with Crippen LogP contribution in [0.1, 0.15) is 48.6 Å². The number of methoxy groups -OCH3 is 2. The first-order valence-electron chi connectivity index (χ1n) is 13.8. The number of ether oxygens (including phenoxy) is 3. The molecule has 1 N–H and O–H groups in total. The molecular formula is C33H34N2O6S. The number of carbonyl (C=O) groups excluding carboxylic acids is 2. The average molecular weight is 587 g/mol. The van der Waals surface area contributed by atoms with Crippen LogP contribution < -0.4 is 19.1 Å². The Morgan fingerprint density at radius 1 is 1.00 bits per heavy atom. The van der Waals surface area contributed by atoms with E-state index in [0.717, 1.165) is 22.2 Å². The highest BCUT2D eigenvalue weighted by Gasteiger charge is 2.48. The van der Waals surface area contributed by atoms with Crippen molar-refractivity contribution in [1.82, 2.24) is 4.98 Å². The zero-order chi connectivity index (χ0) is 30.1. The van der Waals surface area contributed by atoms with Crippen molar-refractivity contribution in [3.63, 3.8) is 0 Å². The van der Waals surface area contributed by atoms with Crippen molar-refractivity contribution < 1.29 is 28.9 Å². The number of carbonyl (C=O) groups is 2. The van der Waals surface area contributed by atoms with E-state index >= 15 is 0 Å². The summed E-state index contributed by atoms with van der Waals surface area (Å²) in [6.45, 7) is 8.53. The SMILES string of the molecule is COc1ccc2nc(N3C(=O)C(=O)/C(=C(/O)c4cc(C)ccc4C)C3c3ccc(OCCC(C)C)c(OC)c3)sc2c1. The molecule has 1 amide bonds. The van der Waals surface area contributed by atoms with Gasteiger partial charge in [0.2, 0.25) is 0 Å². The molecular weight excluding hydrogens is 552 g/mol. The molecule has 0 radical (unpaired) electrons. The number of thiazole rings is 1. The van der Waals surface area contributed by atoms with Gasteiger partial charge in [-0.1, -0.05) is 48.9 Å². The summed E-state index contributed by atoms with van der Waals surface area (Å²) < 4.78 is 17.8. The van der Waals surface area contributed by atoms with E-state index in [0.29, 0.717) is 51.5 Å². The van der Waals surface area contributed by atoms with Crippen molar-refractivity contribution in [2.75, 3.05) is 25.7 Å². The molecule has 9 heteroatoms. The van der Waals surface area contributed by atoms with Crippen LogP contribution >= 0.6 is 11.3 Å². The highest BCUT2D eigenvalue weighted by molar-refractivity contribution is 7.22. The predicted molar refractivity (Wildman–Crippen MR) is 165 cm³/mol. The van der Waals surface area contributed by atoms with Gasteiger partial charge >= 0.3 is 5.91 Å². The van der Waals surface area contributed by atoms with Crippen molar-refractivity contribution in [2.45, 2.75) is 40.2 Å². The predicted octanol–water partition coefficient (Wildman–Crippen LogP) is 6.98. The normalized spacial score (nSPS) is 16.5. The van der Waals surface area contributed by atoms with Gasteiger partial charge in [0.1, 0.15) is 11.5 Å². The van der Waals surface area contributed by atoms with Crippen LogP contribution in [0.15, 0.2) is 60.2 Å². The van der Waals surface area contributed by atoms with E-state index in [2.05, 4.69) is 13.8 Å². The highest BCUT2D eigenvalue weighted by atomic mass is 32.1. The van der Waals surface area contributed by atoms with E-state index in [1.165, 1.54) is 16.2 Å². The first-order valence-corrected chi connectivity index (χ1v) is 14.6. The Hall–Kier alpha value is -4.37. The lowest BCUT2D eigenvalue weighted by atomic mass is 9.93. The van der Waals surface area contributed by atoms with E-state index in [1.807, 2.05) is 44.2 Å². The van der Waals surface area contributed by atoms with E-state index in [1.54, 1.807) is 38.5 Å². The van der Waals surface area contributed by atoms with Gasteiger partial charge in [0, 0.05) is 5.56 Å². The molecule has 2 heterocycles. The third-order valence-corrected chi connectivity index (χ3v) is 8.36. The molecule has 1 fully saturated rings. The van der Waals surface area contributed by atoms with Crippen molar-refractivity contribution in [3.8, 4) is 17.2 Å². The molecule has 1 saturated heterocycles. The van der Waals surface area contributed by atoms with E-state index in [9.17, 15) is 14.7 Å². The number of hydrogen-bond donors (Lipinski definition) is 1. The third-order valence-electron chi connectivity index (χ3n) is 7.34. The number of rotatable bonds is 9. The lowest BCUT2D eigenvalue weighted by Crippen LogP contribution is -2.29. The van der Waals surface area contributed by atoms with Crippen LogP contribution in [0.5, 0.6) is 17.2 Å². The summed E-state index contributed by atoms with van der Waals surface area (Å²) in [6, 6.07) is 15.4. The lowest BCUT2D eigenvalue weighted by molar-refractivity contribution is -0.132. The van der Waals surface area contributed by atoms with Gasteiger partial charge in [-0.15, -0.1) is 0 Å². The van der Waals surface area contributed by atoms with Crippen LogP contribution in [0, 0.1) is 19.8 Å². The quantitative estimate of drug-likeness (QED) is 0.128. The molecule has 1 aliphatic heterocycles. The number of fused-ring (bicyclic) bond motifs is 1. The first kappa shape index (κ1) is 29.1. The van der Waals surface area contributed by atoms with Crippen LogP contribution in [0.25, 0.3) is 16.0 Å². The molecule has 5 rings (SSSR count). The maximum Gasteiger partial charge on any atom is 0.301 e. The Kier molecular flexibility index (Phi) is 8.22. The Balaban J connectivity index is 1.69. The minimum absolute atomic E-state index is 0.0129. The van der Waals surface area contributed by atoms with Gasteiger partial charge < -0.3 is 19.3 Å². The highest BCUT2D eigenvalue weighted by Crippen LogP contribution is 2.46. The number of Topliss-reactive ketones (excluding diaryl/α,β-unsaturated/α-hetero) is 1. The van der Waals surface area contributed by atoms with Crippen LogP contribution in [0.3, 0.4) is 0 Å². The van der Waals surface area contributed by atoms with Crippen LogP contribution in [-0.2, 0) is 9.59 Å². The molecule has 1 unspecified atom stereocenters. The fourth-order valence-corrected chi connectivity index (χ4v) is 6.00. The van der Waals surface area contributed by atoms with Crippen molar-refractivity contribution >= 4 is 44.1 Å². The van der Waals surface area contributed by atoms with Crippen molar-refractivity contribution in [2.24, 2.45) is 5.92 Å². The van der Waals surface area contributed by atoms with E-state index in [4.69, 9.17) is 19.2 Å². The van der Waals surface area contributed by atoms with Gasteiger partial charge in [-0.3, -0.25) is 14.5 Å². The molecule has 3 aromatic carbocycles. The number of nitrogens with zero attached hydrogens (tertiary/aromatic N) is 2. The Bertz CT molecular complexity index is 1710. The zero-order valence-electron chi connectivity index (χ0n) is 24.6. The summed E-state index contributed by atoms with van der Waals surface area (Å²) in [5, 5.41) is 12.0. The summed E-state index contributed by atoms with van der Waals surface area (Å²) in [7, 11) is 3.13. The smallest absolute Gasteiger partial charge is 0.301 e. The zero-order valence-corrected chi connectivity index (χ0v) is 25.4. The molecule has 4 aromatic rings. The van der Waals surface area contributed by atoms with E-state index in [-0.39, 0.29) is 11.3 Å². The molecule has 0 aliphatic carbocycles. The molecule has 8 nitrogen and oxygen atoms in total. The number of aromatic nitrogens is 1. The molecule has 1 aromatic heterocycles. The summed E-state index contributed by atoms with van der Waals surface area (Å²) in [6.07, 6.45) is 0.878. The molecule has 218 valence electrons. The topological polar surface area (TPSA) is 98.2 Å². The standard InChI is InChI=1S/C33H34N2O6S/c1-18(2)13-14-41-25-12-9-21(16-26(25)40-6)29-28(30(36)23-15-19(3)7-8-20(23)4)31(37)32(38)35(29)33-34-24-11-10-22(39-5)17-27(24)42-33/h7-12,15-18,29,36H,13-14H2,1-6H3/b30-28+. The number of aliphatic hydroxyl groups is 1. The number of aryl methyl sites for hydroxylation is 2. The van der Waals surface area contributed by atoms with Crippen molar-refractivity contribution in [3.05, 3.63) is 82.4 Å². The average Bonchev–Trinajstić information content (AvgIpc) is 3.51. The van der Waals surface area contributed by atoms with E-state index < -0.39 is 17.7 Å². The van der Waals surface area contributed by atoms with Gasteiger partial charge in [-0.25, -0.2) is 4.98 Å². The van der Waals surface area contributed by atoms with Gasteiger partial charge in [-0.05, 0) is 73.7 Å². The molecule has 1 aliphatic rings. The number of amides is 1. The Labute approximate surface area is 249 Å². The largest absolute Gasteiger partial charge is 0.507 e. The summed E-state index contributed by atoms with van der Waals surface area (Å²) in [4.78, 5) is 33.5. The van der Waals surface area contributed by atoms with Gasteiger partial charge in [0.05, 0.1) is 42.7 Å². The van der Waals surface area contributed by atoms with Gasteiger partial charge in [0.15, 0.2) is 16.6 Å². The van der Waals surface area contributed by atoms with Gasteiger partial charge in [0.25, 0.3) is 5.78 Å². The number of benzene rings is 3. The van der Waals surface area contributed by atoms with Crippen LogP contribution in [-0.4, -0.2) is 42.6 Å². The number of aliphatic hydroxyl groups excluding tert-OH is 1. The van der Waals surface area contributed by atoms with Crippen LogP contribution in [0.4, 0.5) is 5.13 Å².